The molecule has 1 atom stereocenters. The first-order valence-corrected chi connectivity index (χ1v) is 5.71. The highest BCUT2D eigenvalue weighted by Gasteiger charge is 2.09. The van der Waals surface area contributed by atoms with Crippen LogP contribution < -0.4 is 5.32 Å². The van der Waals surface area contributed by atoms with Crippen molar-refractivity contribution in [2.45, 2.75) is 32.2 Å². The topological polar surface area (TPSA) is 24.4 Å². The summed E-state index contributed by atoms with van der Waals surface area (Å²) in [6.45, 7) is 3.18. The van der Waals surface area contributed by atoms with Crippen LogP contribution in [0.2, 0.25) is 0 Å². The molecule has 0 aliphatic carbocycles. The van der Waals surface area contributed by atoms with Crippen LogP contribution in [-0.2, 0) is 0 Å². The standard InChI is InChI=1S/C13H18N2/c1-11(12-7-3-2-4-8-12)15-13-9-5-6-10-14-13/h2-4,7-8,11H,5-6,9-10H2,1H3,(H,14,15)/t11-/m0/s1. The summed E-state index contributed by atoms with van der Waals surface area (Å²) < 4.78 is 0. The molecule has 0 spiro atoms. The lowest BCUT2D eigenvalue weighted by Gasteiger charge is -2.19. The van der Waals surface area contributed by atoms with Crippen LogP contribution in [0.5, 0.6) is 0 Å². The molecule has 80 valence electrons. The van der Waals surface area contributed by atoms with Crippen LogP contribution in [0, 0.1) is 0 Å². The molecular formula is C13H18N2. The van der Waals surface area contributed by atoms with Gasteiger partial charge >= 0.3 is 0 Å². The van der Waals surface area contributed by atoms with Crippen molar-refractivity contribution in [1.29, 1.82) is 0 Å². The first-order chi connectivity index (χ1) is 7.36. The molecule has 0 saturated carbocycles. The number of hydrogen-bond acceptors (Lipinski definition) is 2. The van der Waals surface area contributed by atoms with E-state index in [1.807, 2.05) is 6.07 Å². The molecular weight excluding hydrogens is 184 g/mol. The van der Waals surface area contributed by atoms with Crippen LogP contribution in [0.3, 0.4) is 0 Å². The van der Waals surface area contributed by atoms with Gasteiger partial charge in [-0.15, -0.1) is 0 Å². The van der Waals surface area contributed by atoms with Crippen LogP contribution in [0.4, 0.5) is 0 Å². The van der Waals surface area contributed by atoms with Crippen molar-refractivity contribution in [1.82, 2.24) is 5.32 Å². The Morgan fingerprint density at radius 3 is 2.67 bits per heavy atom. The molecule has 1 aliphatic rings. The van der Waals surface area contributed by atoms with Gasteiger partial charge in [0.2, 0.25) is 0 Å². The monoisotopic (exact) mass is 202 g/mol. The summed E-state index contributed by atoms with van der Waals surface area (Å²) >= 11 is 0. The van der Waals surface area contributed by atoms with Gasteiger partial charge in [-0.05, 0) is 25.3 Å². The Kier molecular flexibility index (Phi) is 3.38. The van der Waals surface area contributed by atoms with E-state index in [0.717, 1.165) is 13.0 Å². The van der Waals surface area contributed by atoms with Gasteiger partial charge in [0.1, 0.15) is 0 Å². The third kappa shape index (κ3) is 2.82. The molecule has 1 heterocycles. The van der Waals surface area contributed by atoms with E-state index in [0.29, 0.717) is 6.04 Å². The van der Waals surface area contributed by atoms with E-state index in [-0.39, 0.29) is 0 Å². The maximum atomic E-state index is 4.50. The van der Waals surface area contributed by atoms with E-state index < -0.39 is 0 Å². The highest BCUT2D eigenvalue weighted by atomic mass is 15.0. The number of hydrogen-bond donors (Lipinski definition) is 1. The molecule has 2 rings (SSSR count). The third-order valence-corrected chi connectivity index (χ3v) is 2.81. The minimum atomic E-state index is 0.364. The van der Waals surface area contributed by atoms with Crippen molar-refractivity contribution >= 4 is 5.84 Å². The average Bonchev–Trinajstić information content (AvgIpc) is 2.31. The molecule has 1 N–H and O–H groups in total. The second-order valence-corrected chi connectivity index (χ2v) is 4.06. The van der Waals surface area contributed by atoms with Gasteiger partial charge in [0.15, 0.2) is 0 Å². The lowest BCUT2D eigenvalue weighted by Crippen LogP contribution is -2.28. The molecule has 1 aliphatic heterocycles. The smallest absolute Gasteiger partial charge is 0.0967 e. The fraction of sp³-hybridized carbons (Fsp3) is 0.462. The summed E-state index contributed by atoms with van der Waals surface area (Å²) in [7, 11) is 0. The Bertz CT molecular complexity index is 330. The summed E-state index contributed by atoms with van der Waals surface area (Å²) in [5.41, 5.74) is 1.32. The molecule has 1 aromatic rings. The van der Waals surface area contributed by atoms with Crippen LogP contribution in [0.1, 0.15) is 37.8 Å². The van der Waals surface area contributed by atoms with E-state index in [1.165, 1.54) is 24.2 Å². The second-order valence-electron chi connectivity index (χ2n) is 4.06. The molecule has 0 radical (unpaired) electrons. The quantitative estimate of drug-likeness (QED) is 0.783. The van der Waals surface area contributed by atoms with Gasteiger partial charge in [0.05, 0.1) is 5.84 Å². The number of benzene rings is 1. The Labute approximate surface area is 91.4 Å². The largest absolute Gasteiger partial charge is 0.367 e. The maximum Gasteiger partial charge on any atom is 0.0967 e. The highest BCUT2D eigenvalue weighted by molar-refractivity contribution is 5.83. The summed E-state index contributed by atoms with van der Waals surface area (Å²) in [4.78, 5) is 4.50. The van der Waals surface area contributed by atoms with E-state index in [1.54, 1.807) is 0 Å². The minimum absolute atomic E-state index is 0.364. The van der Waals surface area contributed by atoms with Crippen molar-refractivity contribution in [3.63, 3.8) is 0 Å². The normalized spacial score (nSPS) is 18.1. The van der Waals surface area contributed by atoms with Crippen molar-refractivity contribution in [3.05, 3.63) is 35.9 Å². The van der Waals surface area contributed by atoms with E-state index in [2.05, 4.69) is 41.5 Å². The molecule has 0 saturated heterocycles. The lowest BCUT2D eigenvalue weighted by atomic mass is 10.1. The van der Waals surface area contributed by atoms with Crippen LogP contribution in [-0.4, -0.2) is 12.4 Å². The SMILES string of the molecule is C[C@H](NC1=NCCCC1)c1ccccc1. The number of rotatable bonds is 2. The summed E-state index contributed by atoms with van der Waals surface area (Å²) in [5.74, 6) is 1.18. The van der Waals surface area contributed by atoms with Crippen molar-refractivity contribution in [2.75, 3.05) is 6.54 Å². The maximum absolute atomic E-state index is 4.50. The summed E-state index contributed by atoms with van der Waals surface area (Å²) in [6, 6.07) is 10.9. The predicted octanol–water partition coefficient (Wildman–Crippen LogP) is 2.92. The second kappa shape index (κ2) is 4.96. The molecule has 2 nitrogen and oxygen atoms in total. The van der Waals surface area contributed by atoms with Gasteiger partial charge in [-0.25, -0.2) is 0 Å². The van der Waals surface area contributed by atoms with Gasteiger partial charge in [-0.2, -0.15) is 0 Å². The summed E-state index contributed by atoms with van der Waals surface area (Å²) in [5, 5.41) is 3.49. The summed E-state index contributed by atoms with van der Waals surface area (Å²) in [6.07, 6.45) is 3.62. The van der Waals surface area contributed by atoms with Crippen molar-refractivity contribution in [3.8, 4) is 0 Å². The van der Waals surface area contributed by atoms with Gasteiger partial charge in [-0.3, -0.25) is 4.99 Å². The van der Waals surface area contributed by atoms with Gasteiger partial charge in [-0.1, -0.05) is 30.3 Å². The van der Waals surface area contributed by atoms with Gasteiger partial charge in [0.25, 0.3) is 0 Å². The Morgan fingerprint density at radius 2 is 2.00 bits per heavy atom. The number of nitrogens with zero attached hydrogens (tertiary/aromatic N) is 1. The molecule has 0 aromatic heterocycles. The minimum Gasteiger partial charge on any atom is -0.367 e. The number of aliphatic imine (C=N–C) groups is 1. The molecule has 0 amide bonds. The number of amidine groups is 1. The zero-order valence-corrected chi connectivity index (χ0v) is 9.24. The van der Waals surface area contributed by atoms with Crippen LogP contribution in [0.25, 0.3) is 0 Å². The number of nitrogens with one attached hydrogen (secondary N) is 1. The fourth-order valence-electron chi connectivity index (χ4n) is 1.89. The van der Waals surface area contributed by atoms with Crippen LogP contribution in [0.15, 0.2) is 35.3 Å². The average molecular weight is 202 g/mol. The first-order valence-electron chi connectivity index (χ1n) is 5.71. The van der Waals surface area contributed by atoms with Crippen molar-refractivity contribution in [2.24, 2.45) is 4.99 Å². The Balaban J connectivity index is 1.97. The zero-order valence-electron chi connectivity index (χ0n) is 9.24. The first kappa shape index (κ1) is 10.2. The van der Waals surface area contributed by atoms with Gasteiger partial charge in [0, 0.05) is 19.0 Å². The Hall–Kier alpha value is -1.31. The molecule has 2 heteroatoms. The van der Waals surface area contributed by atoms with Crippen LogP contribution >= 0.6 is 0 Å². The van der Waals surface area contributed by atoms with E-state index in [4.69, 9.17) is 0 Å². The van der Waals surface area contributed by atoms with Crippen molar-refractivity contribution < 1.29 is 0 Å². The molecule has 0 fully saturated rings. The third-order valence-electron chi connectivity index (χ3n) is 2.81. The predicted molar refractivity (Wildman–Crippen MR) is 64.1 cm³/mol. The Morgan fingerprint density at radius 1 is 1.20 bits per heavy atom. The van der Waals surface area contributed by atoms with Gasteiger partial charge < -0.3 is 5.32 Å². The van der Waals surface area contributed by atoms with E-state index in [9.17, 15) is 0 Å². The van der Waals surface area contributed by atoms with E-state index >= 15 is 0 Å². The fourth-order valence-corrected chi connectivity index (χ4v) is 1.89. The zero-order chi connectivity index (χ0) is 10.5. The molecule has 1 aromatic carbocycles. The molecule has 0 unspecified atom stereocenters. The lowest BCUT2D eigenvalue weighted by molar-refractivity contribution is 0.656. The molecule has 0 bridgehead atoms. The molecule has 15 heavy (non-hydrogen) atoms. The highest BCUT2D eigenvalue weighted by Crippen LogP contribution is 2.13.